The second-order valence-electron chi connectivity index (χ2n) is 5.52. The van der Waals surface area contributed by atoms with Gasteiger partial charge in [-0.1, -0.05) is 36.9 Å². The number of amides is 1. The van der Waals surface area contributed by atoms with Crippen molar-refractivity contribution in [1.29, 1.82) is 0 Å². The minimum Gasteiger partial charge on any atom is -0.350 e. The van der Waals surface area contributed by atoms with Crippen molar-refractivity contribution < 1.29 is 4.79 Å². The Morgan fingerprint density at radius 1 is 1.35 bits per heavy atom. The van der Waals surface area contributed by atoms with E-state index in [0.717, 1.165) is 31.2 Å². The van der Waals surface area contributed by atoms with E-state index in [4.69, 9.17) is 17.3 Å². The second kappa shape index (κ2) is 7.30. The maximum atomic E-state index is 12.2. The third kappa shape index (κ3) is 4.11. The molecule has 0 saturated heterocycles. The molecule has 0 aromatic heterocycles. The first kappa shape index (κ1) is 17.3. The Morgan fingerprint density at radius 2 is 2.00 bits per heavy atom. The molecule has 1 aromatic carbocycles. The lowest BCUT2D eigenvalue weighted by Gasteiger charge is -2.33. The van der Waals surface area contributed by atoms with E-state index in [1.54, 1.807) is 18.2 Å². The minimum atomic E-state index is -0.236. The van der Waals surface area contributed by atoms with Crippen LogP contribution in [0.5, 0.6) is 0 Å². The van der Waals surface area contributed by atoms with Crippen molar-refractivity contribution in [1.82, 2.24) is 5.32 Å². The zero-order chi connectivity index (χ0) is 13.9. The molecule has 0 heterocycles. The summed E-state index contributed by atoms with van der Waals surface area (Å²) in [7, 11) is 0. The van der Waals surface area contributed by atoms with Gasteiger partial charge in [-0.05, 0) is 37.5 Å². The van der Waals surface area contributed by atoms with Crippen LogP contribution in [0.4, 0.5) is 0 Å². The molecule has 0 radical (unpaired) electrons. The minimum absolute atomic E-state index is 0. The molecule has 1 aromatic rings. The van der Waals surface area contributed by atoms with Crippen molar-refractivity contribution in [2.75, 3.05) is 6.54 Å². The fraction of sp³-hybridized carbons (Fsp3) is 0.533. The van der Waals surface area contributed by atoms with Gasteiger partial charge in [0.15, 0.2) is 0 Å². The topological polar surface area (TPSA) is 55.1 Å². The third-order valence-electron chi connectivity index (χ3n) is 3.96. The van der Waals surface area contributed by atoms with Crippen LogP contribution in [0.3, 0.4) is 0 Å². The van der Waals surface area contributed by atoms with E-state index >= 15 is 0 Å². The Kier molecular flexibility index (Phi) is 6.31. The smallest absolute Gasteiger partial charge is 0.251 e. The summed E-state index contributed by atoms with van der Waals surface area (Å²) in [6, 6.07) is 5.38. The highest BCUT2D eigenvalue weighted by molar-refractivity contribution is 6.31. The largest absolute Gasteiger partial charge is 0.350 e. The number of rotatable bonds is 3. The van der Waals surface area contributed by atoms with Crippen LogP contribution in [-0.4, -0.2) is 18.0 Å². The van der Waals surface area contributed by atoms with Gasteiger partial charge < -0.3 is 11.1 Å². The number of carbonyl (C=O) groups is 1. The van der Waals surface area contributed by atoms with Crippen LogP contribution in [0.1, 0.15) is 48.0 Å². The molecule has 3 N–H and O–H groups in total. The summed E-state index contributed by atoms with van der Waals surface area (Å²) >= 11 is 6.03. The summed E-state index contributed by atoms with van der Waals surface area (Å²) in [5.41, 5.74) is 7.52. The standard InChI is InChI=1S/C15H21ClN2O.ClH/c1-11-12(6-5-7-13(11)16)14(19)18-10-15(17)8-3-2-4-9-15;/h5-7H,2-4,8-10,17H2,1H3,(H,18,19);1H. The monoisotopic (exact) mass is 316 g/mol. The predicted octanol–water partition coefficient (Wildman–Crippen LogP) is 3.46. The lowest BCUT2D eigenvalue weighted by Crippen LogP contribution is -2.51. The van der Waals surface area contributed by atoms with E-state index in [0.29, 0.717) is 17.1 Å². The van der Waals surface area contributed by atoms with Gasteiger partial charge in [0.2, 0.25) is 0 Å². The fourth-order valence-corrected chi connectivity index (χ4v) is 2.81. The van der Waals surface area contributed by atoms with E-state index in [-0.39, 0.29) is 23.9 Å². The Morgan fingerprint density at radius 3 is 2.65 bits per heavy atom. The summed E-state index contributed by atoms with van der Waals surface area (Å²) in [6.45, 7) is 2.40. The Labute approximate surface area is 131 Å². The third-order valence-corrected chi connectivity index (χ3v) is 4.37. The first-order chi connectivity index (χ1) is 9.02. The number of hydrogen-bond acceptors (Lipinski definition) is 2. The van der Waals surface area contributed by atoms with Crippen molar-refractivity contribution in [2.24, 2.45) is 5.73 Å². The van der Waals surface area contributed by atoms with Gasteiger partial charge in [0, 0.05) is 22.7 Å². The van der Waals surface area contributed by atoms with Crippen LogP contribution >= 0.6 is 24.0 Å². The zero-order valence-electron chi connectivity index (χ0n) is 11.7. The predicted molar refractivity (Wildman–Crippen MR) is 85.8 cm³/mol. The zero-order valence-corrected chi connectivity index (χ0v) is 13.3. The van der Waals surface area contributed by atoms with Crippen molar-refractivity contribution >= 4 is 29.9 Å². The maximum Gasteiger partial charge on any atom is 0.251 e. The molecule has 1 amide bonds. The van der Waals surface area contributed by atoms with Gasteiger partial charge in [-0.15, -0.1) is 12.4 Å². The number of hydrogen-bond donors (Lipinski definition) is 2. The Bertz CT molecular complexity index is 471. The average molecular weight is 317 g/mol. The van der Waals surface area contributed by atoms with E-state index in [1.807, 2.05) is 6.92 Å². The van der Waals surface area contributed by atoms with Gasteiger partial charge in [-0.2, -0.15) is 0 Å². The summed E-state index contributed by atoms with van der Waals surface area (Å²) in [6.07, 6.45) is 5.54. The molecule has 112 valence electrons. The summed E-state index contributed by atoms with van der Waals surface area (Å²) in [5.74, 6) is -0.0876. The number of nitrogens with one attached hydrogen (secondary N) is 1. The van der Waals surface area contributed by atoms with E-state index < -0.39 is 0 Å². The summed E-state index contributed by atoms with van der Waals surface area (Å²) < 4.78 is 0. The van der Waals surface area contributed by atoms with Crippen LogP contribution < -0.4 is 11.1 Å². The van der Waals surface area contributed by atoms with Crippen LogP contribution in [0.15, 0.2) is 18.2 Å². The molecular formula is C15H22Cl2N2O. The van der Waals surface area contributed by atoms with E-state index in [9.17, 15) is 4.79 Å². The molecule has 2 rings (SSSR count). The highest BCUT2D eigenvalue weighted by atomic mass is 35.5. The lowest BCUT2D eigenvalue weighted by molar-refractivity contribution is 0.0937. The van der Waals surface area contributed by atoms with Crippen molar-refractivity contribution in [3.05, 3.63) is 34.3 Å². The van der Waals surface area contributed by atoms with Crippen LogP contribution in [0.25, 0.3) is 0 Å². The first-order valence-corrected chi connectivity index (χ1v) is 7.22. The molecule has 1 saturated carbocycles. The number of carbonyl (C=O) groups excluding carboxylic acids is 1. The Hall–Kier alpha value is -0.770. The van der Waals surface area contributed by atoms with Crippen molar-refractivity contribution in [3.63, 3.8) is 0 Å². The van der Waals surface area contributed by atoms with Gasteiger partial charge in [0.1, 0.15) is 0 Å². The molecule has 0 spiro atoms. The summed E-state index contributed by atoms with van der Waals surface area (Å²) in [5, 5.41) is 3.57. The van der Waals surface area contributed by atoms with Crippen LogP contribution in [0.2, 0.25) is 5.02 Å². The molecular weight excluding hydrogens is 295 g/mol. The van der Waals surface area contributed by atoms with Crippen molar-refractivity contribution in [2.45, 2.75) is 44.6 Å². The fourth-order valence-electron chi connectivity index (χ4n) is 2.64. The van der Waals surface area contributed by atoms with Gasteiger partial charge in [-0.25, -0.2) is 0 Å². The van der Waals surface area contributed by atoms with E-state index in [2.05, 4.69) is 5.32 Å². The molecule has 0 bridgehead atoms. The molecule has 1 fully saturated rings. The highest BCUT2D eigenvalue weighted by Crippen LogP contribution is 2.25. The average Bonchev–Trinajstić information content (AvgIpc) is 2.40. The van der Waals surface area contributed by atoms with E-state index in [1.165, 1.54) is 6.42 Å². The quantitative estimate of drug-likeness (QED) is 0.897. The molecule has 5 heteroatoms. The van der Waals surface area contributed by atoms with Gasteiger partial charge in [0.05, 0.1) is 0 Å². The van der Waals surface area contributed by atoms with Gasteiger partial charge in [-0.3, -0.25) is 4.79 Å². The summed E-state index contributed by atoms with van der Waals surface area (Å²) in [4.78, 5) is 12.2. The first-order valence-electron chi connectivity index (χ1n) is 6.84. The van der Waals surface area contributed by atoms with Gasteiger partial charge in [0.25, 0.3) is 5.91 Å². The number of nitrogens with two attached hydrogens (primary N) is 1. The highest BCUT2D eigenvalue weighted by Gasteiger charge is 2.28. The lowest BCUT2D eigenvalue weighted by atomic mass is 9.82. The molecule has 0 aliphatic heterocycles. The number of halogens is 2. The van der Waals surface area contributed by atoms with Crippen LogP contribution in [0, 0.1) is 6.92 Å². The second-order valence-corrected chi connectivity index (χ2v) is 5.93. The number of benzene rings is 1. The molecule has 0 unspecified atom stereocenters. The van der Waals surface area contributed by atoms with Crippen molar-refractivity contribution in [3.8, 4) is 0 Å². The maximum absolute atomic E-state index is 12.2. The molecule has 20 heavy (non-hydrogen) atoms. The van der Waals surface area contributed by atoms with Crippen LogP contribution in [-0.2, 0) is 0 Å². The molecule has 1 aliphatic rings. The Balaban J connectivity index is 0.00000200. The molecule has 3 nitrogen and oxygen atoms in total. The SMILES string of the molecule is Cc1c(Cl)cccc1C(=O)NCC1(N)CCCCC1.Cl. The van der Waals surface area contributed by atoms with Gasteiger partial charge >= 0.3 is 0 Å². The normalized spacial score (nSPS) is 17.1. The molecule has 0 atom stereocenters. The molecule has 1 aliphatic carbocycles.